The molecule has 0 aliphatic carbocycles. The van der Waals surface area contributed by atoms with Gasteiger partial charge < -0.3 is 19.9 Å². The molecule has 0 saturated carbocycles. The molecule has 6 heteroatoms. The number of carbonyl (C=O) groups excluding carboxylic acids is 2. The monoisotopic (exact) mass is 239 g/mol. The van der Waals surface area contributed by atoms with Crippen LogP contribution < -0.4 is 5.73 Å². The first-order valence-electron chi connectivity index (χ1n) is 5.27. The first-order valence-corrected chi connectivity index (χ1v) is 5.27. The topological polar surface area (TPSA) is 77.6 Å². The second-order valence-corrected chi connectivity index (χ2v) is 3.69. The van der Waals surface area contributed by atoms with Crippen molar-refractivity contribution >= 4 is 17.6 Å². The summed E-state index contributed by atoms with van der Waals surface area (Å²) in [6.45, 7) is 2.57. The highest BCUT2D eigenvalue weighted by molar-refractivity contribution is 5.89. The van der Waals surface area contributed by atoms with Crippen LogP contribution in [0.5, 0.6) is 0 Å². The molecule has 1 aromatic heterocycles. The number of methoxy groups -OCH3 is 1. The number of aromatic nitrogens is 1. The van der Waals surface area contributed by atoms with Crippen molar-refractivity contribution in [3.05, 3.63) is 18.0 Å². The Balaban J connectivity index is 2.91. The Morgan fingerprint density at radius 2 is 2.18 bits per heavy atom. The van der Waals surface area contributed by atoms with Gasteiger partial charge in [-0.2, -0.15) is 0 Å². The molecule has 1 amide bonds. The minimum atomic E-state index is -0.506. The molecule has 0 radical (unpaired) electrons. The van der Waals surface area contributed by atoms with Gasteiger partial charge in [-0.1, -0.05) is 0 Å². The van der Waals surface area contributed by atoms with Crippen LogP contribution in [0.3, 0.4) is 0 Å². The third kappa shape index (κ3) is 2.99. The van der Waals surface area contributed by atoms with Gasteiger partial charge in [0.25, 0.3) is 0 Å². The van der Waals surface area contributed by atoms with Crippen LogP contribution in [0.2, 0.25) is 0 Å². The van der Waals surface area contributed by atoms with E-state index >= 15 is 0 Å². The number of anilines is 1. The quantitative estimate of drug-likeness (QED) is 0.768. The van der Waals surface area contributed by atoms with Crippen molar-refractivity contribution in [1.29, 1.82) is 0 Å². The van der Waals surface area contributed by atoms with Gasteiger partial charge in [0.2, 0.25) is 5.91 Å². The van der Waals surface area contributed by atoms with E-state index in [4.69, 9.17) is 5.73 Å². The molecule has 0 saturated heterocycles. The molecule has 0 bridgehead atoms. The van der Waals surface area contributed by atoms with Crippen LogP contribution >= 0.6 is 0 Å². The third-order valence-corrected chi connectivity index (χ3v) is 2.52. The average molecular weight is 239 g/mol. The molecule has 94 valence electrons. The maximum absolute atomic E-state index is 11.7. The number of ether oxygens (including phenoxy) is 1. The third-order valence-electron chi connectivity index (χ3n) is 2.52. The van der Waals surface area contributed by atoms with Gasteiger partial charge in [0.1, 0.15) is 12.2 Å². The van der Waals surface area contributed by atoms with Crippen LogP contribution in [-0.4, -0.2) is 42.0 Å². The number of hydrogen-bond acceptors (Lipinski definition) is 4. The molecule has 6 nitrogen and oxygen atoms in total. The second kappa shape index (κ2) is 5.38. The standard InChI is InChI=1S/C11H17N3O3/c1-4-13(2)10(15)7-14-6-8(12)5-9(14)11(16)17-3/h5-6H,4,7,12H2,1-3H3. The number of carbonyl (C=O) groups is 2. The summed E-state index contributed by atoms with van der Waals surface area (Å²) in [7, 11) is 2.99. The zero-order valence-electron chi connectivity index (χ0n) is 10.3. The number of nitrogens with two attached hydrogens (primary N) is 1. The van der Waals surface area contributed by atoms with E-state index in [0.29, 0.717) is 12.2 Å². The summed E-state index contributed by atoms with van der Waals surface area (Å²) >= 11 is 0. The molecule has 1 rings (SSSR count). The Hall–Kier alpha value is -1.98. The number of likely N-dealkylation sites (N-methyl/N-ethyl adjacent to an activating group) is 1. The van der Waals surface area contributed by atoms with E-state index in [-0.39, 0.29) is 18.1 Å². The largest absolute Gasteiger partial charge is 0.464 e. The van der Waals surface area contributed by atoms with E-state index < -0.39 is 5.97 Å². The first-order chi connectivity index (χ1) is 7.99. The summed E-state index contributed by atoms with van der Waals surface area (Å²) in [5.41, 5.74) is 6.31. The molecule has 1 aromatic rings. The molecule has 0 aromatic carbocycles. The maximum Gasteiger partial charge on any atom is 0.354 e. The van der Waals surface area contributed by atoms with Gasteiger partial charge >= 0.3 is 5.97 Å². The minimum absolute atomic E-state index is 0.0754. The summed E-state index contributed by atoms with van der Waals surface area (Å²) < 4.78 is 6.11. The van der Waals surface area contributed by atoms with Gasteiger partial charge in [-0.25, -0.2) is 4.79 Å². The Kier molecular flexibility index (Phi) is 4.14. The summed E-state index contributed by atoms with van der Waals surface area (Å²) in [6.07, 6.45) is 1.55. The molecule has 1 heterocycles. The van der Waals surface area contributed by atoms with Gasteiger partial charge in [-0.15, -0.1) is 0 Å². The maximum atomic E-state index is 11.7. The van der Waals surface area contributed by atoms with Gasteiger partial charge in [0.05, 0.1) is 12.8 Å². The first kappa shape index (κ1) is 13.1. The van der Waals surface area contributed by atoms with Crippen molar-refractivity contribution in [2.45, 2.75) is 13.5 Å². The van der Waals surface area contributed by atoms with E-state index in [1.807, 2.05) is 6.92 Å². The zero-order valence-corrected chi connectivity index (χ0v) is 10.3. The highest BCUT2D eigenvalue weighted by Crippen LogP contribution is 2.12. The Bertz CT molecular complexity index is 426. The van der Waals surface area contributed by atoms with Crippen LogP contribution in [0.1, 0.15) is 17.4 Å². The summed E-state index contributed by atoms with van der Waals surface area (Å²) in [5, 5.41) is 0. The number of esters is 1. The second-order valence-electron chi connectivity index (χ2n) is 3.69. The molecule has 0 aliphatic rings. The van der Waals surface area contributed by atoms with E-state index in [2.05, 4.69) is 4.74 Å². The molecule has 0 spiro atoms. The van der Waals surface area contributed by atoms with Crippen LogP contribution in [0, 0.1) is 0 Å². The fourth-order valence-electron chi connectivity index (χ4n) is 1.38. The van der Waals surface area contributed by atoms with Crippen molar-refractivity contribution in [3.8, 4) is 0 Å². The molecule has 2 N–H and O–H groups in total. The Morgan fingerprint density at radius 3 is 2.71 bits per heavy atom. The van der Waals surface area contributed by atoms with E-state index in [1.54, 1.807) is 18.1 Å². The van der Waals surface area contributed by atoms with Gasteiger partial charge in [0, 0.05) is 19.8 Å². The van der Waals surface area contributed by atoms with Crippen molar-refractivity contribution in [1.82, 2.24) is 9.47 Å². The Morgan fingerprint density at radius 1 is 1.53 bits per heavy atom. The highest BCUT2D eigenvalue weighted by Gasteiger charge is 2.16. The average Bonchev–Trinajstić information content (AvgIpc) is 2.67. The van der Waals surface area contributed by atoms with Crippen molar-refractivity contribution in [2.24, 2.45) is 0 Å². The molecular weight excluding hydrogens is 222 g/mol. The highest BCUT2D eigenvalue weighted by atomic mass is 16.5. The number of rotatable bonds is 4. The lowest BCUT2D eigenvalue weighted by Crippen LogP contribution is -2.30. The molecule has 0 atom stereocenters. The van der Waals surface area contributed by atoms with Crippen molar-refractivity contribution in [2.75, 3.05) is 26.4 Å². The predicted octanol–water partition coefficient (Wildman–Crippen LogP) is 0.335. The lowest BCUT2D eigenvalue weighted by atomic mass is 10.4. The van der Waals surface area contributed by atoms with Crippen molar-refractivity contribution < 1.29 is 14.3 Å². The fourth-order valence-corrected chi connectivity index (χ4v) is 1.38. The minimum Gasteiger partial charge on any atom is -0.464 e. The molecule has 17 heavy (non-hydrogen) atoms. The molecule has 0 unspecified atom stereocenters. The van der Waals surface area contributed by atoms with Gasteiger partial charge in [-0.05, 0) is 13.0 Å². The lowest BCUT2D eigenvalue weighted by Gasteiger charge is -2.15. The predicted molar refractivity (Wildman–Crippen MR) is 63.5 cm³/mol. The summed E-state index contributed by atoms with van der Waals surface area (Å²) in [4.78, 5) is 24.7. The molecular formula is C11H17N3O3. The number of nitrogen functional groups attached to an aromatic ring is 1. The van der Waals surface area contributed by atoms with E-state index in [9.17, 15) is 9.59 Å². The summed E-state index contributed by atoms with van der Waals surface area (Å²) in [6, 6.07) is 1.49. The van der Waals surface area contributed by atoms with Gasteiger partial charge in [0.15, 0.2) is 0 Å². The van der Waals surface area contributed by atoms with Crippen LogP contribution in [-0.2, 0) is 16.1 Å². The van der Waals surface area contributed by atoms with Crippen LogP contribution in [0.15, 0.2) is 12.3 Å². The zero-order chi connectivity index (χ0) is 13.0. The fraction of sp³-hybridized carbons (Fsp3) is 0.455. The lowest BCUT2D eigenvalue weighted by molar-refractivity contribution is -0.130. The van der Waals surface area contributed by atoms with Crippen LogP contribution in [0.4, 0.5) is 5.69 Å². The van der Waals surface area contributed by atoms with E-state index in [0.717, 1.165) is 0 Å². The molecule has 0 aliphatic heterocycles. The molecule has 0 fully saturated rings. The van der Waals surface area contributed by atoms with Crippen molar-refractivity contribution in [3.63, 3.8) is 0 Å². The van der Waals surface area contributed by atoms with Crippen LogP contribution in [0.25, 0.3) is 0 Å². The number of amides is 1. The summed E-state index contributed by atoms with van der Waals surface area (Å²) in [5.74, 6) is -0.595. The normalized spacial score (nSPS) is 10.1. The van der Waals surface area contributed by atoms with Gasteiger partial charge in [-0.3, -0.25) is 4.79 Å². The SMILES string of the molecule is CCN(C)C(=O)Cn1cc(N)cc1C(=O)OC. The Labute approximate surface area is 99.9 Å². The van der Waals surface area contributed by atoms with E-state index in [1.165, 1.54) is 17.7 Å². The number of nitrogens with zero attached hydrogens (tertiary/aromatic N) is 2. The smallest absolute Gasteiger partial charge is 0.354 e. The number of hydrogen-bond donors (Lipinski definition) is 1.